The van der Waals surface area contributed by atoms with Crippen molar-refractivity contribution >= 4 is 28.5 Å². The maximum absolute atomic E-state index is 12.0. The number of nitrogens with zero attached hydrogens (tertiary/aromatic N) is 2. The molecule has 0 aliphatic carbocycles. The van der Waals surface area contributed by atoms with Crippen LogP contribution in [0.15, 0.2) is 18.2 Å². The number of carbonyl (C=O) groups excluding carboxylic acids is 2. The normalized spacial score (nSPS) is 17.4. The molecule has 1 aromatic heterocycles. The van der Waals surface area contributed by atoms with E-state index < -0.39 is 0 Å². The lowest BCUT2D eigenvalue weighted by molar-refractivity contribution is -0.130. The minimum atomic E-state index is -0.337. The van der Waals surface area contributed by atoms with E-state index >= 15 is 0 Å². The van der Waals surface area contributed by atoms with Crippen LogP contribution in [-0.4, -0.2) is 34.1 Å². The average Bonchev–Trinajstić information content (AvgIpc) is 3.13. The fourth-order valence-corrected chi connectivity index (χ4v) is 2.75. The summed E-state index contributed by atoms with van der Waals surface area (Å²) in [4.78, 5) is 27.7. The molecule has 0 radical (unpaired) electrons. The van der Waals surface area contributed by atoms with Gasteiger partial charge in [-0.15, -0.1) is 0 Å². The molecular formula is C16H20N4O3. The van der Waals surface area contributed by atoms with Crippen LogP contribution in [0.5, 0.6) is 0 Å². The molecule has 0 bridgehead atoms. The Labute approximate surface area is 134 Å². The van der Waals surface area contributed by atoms with Crippen molar-refractivity contribution in [2.24, 2.45) is 7.05 Å². The minimum Gasteiger partial charge on any atom is -0.368 e. The topological polar surface area (TPSA) is 85.2 Å². The van der Waals surface area contributed by atoms with E-state index in [2.05, 4.69) is 15.6 Å². The first-order valence-electron chi connectivity index (χ1n) is 7.67. The number of ether oxygens (including phenoxy) is 1. The monoisotopic (exact) mass is 316 g/mol. The highest BCUT2D eigenvalue weighted by Crippen LogP contribution is 2.20. The molecular weight excluding hydrogens is 296 g/mol. The summed E-state index contributed by atoms with van der Waals surface area (Å²) in [6.45, 7) is 2.46. The number of anilines is 1. The second kappa shape index (κ2) is 6.37. The Morgan fingerprint density at radius 2 is 2.26 bits per heavy atom. The van der Waals surface area contributed by atoms with Crippen molar-refractivity contribution in [2.75, 3.05) is 11.9 Å². The molecule has 1 fully saturated rings. The van der Waals surface area contributed by atoms with Crippen LogP contribution in [0.25, 0.3) is 11.0 Å². The summed E-state index contributed by atoms with van der Waals surface area (Å²) in [6, 6.07) is 5.56. The summed E-state index contributed by atoms with van der Waals surface area (Å²) >= 11 is 0. The molecule has 23 heavy (non-hydrogen) atoms. The minimum absolute atomic E-state index is 0.0894. The molecule has 2 heterocycles. The standard InChI is InChI=1S/C16H20N4O3/c1-10(21)18-11-5-6-13-12(8-11)19-15(20(13)2)9-17-16(22)14-4-3-7-23-14/h5-6,8,14H,3-4,7,9H2,1-2H3,(H,17,22)(H,18,21)/t14-/m0/s1. The molecule has 0 unspecified atom stereocenters. The molecule has 0 saturated carbocycles. The number of nitrogens with one attached hydrogen (secondary N) is 2. The summed E-state index contributed by atoms with van der Waals surface area (Å²) in [5, 5.41) is 5.61. The van der Waals surface area contributed by atoms with Gasteiger partial charge in [-0.2, -0.15) is 0 Å². The lowest BCUT2D eigenvalue weighted by Gasteiger charge is -2.10. The van der Waals surface area contributed by atoms with Gasteiger partial charge in [-0.25, -0.2) is 4.98 Å². The van der Waals surface area contributed by atoms with Crippen LogP contribution < -0.4 is 10.6 Å². The molecule has 7 heteroatoms. The van der Waals surface area contributed by atoms with Gasteiger partial charge in [0.2, 0.25) is 11.8 Å². The van der Waals surface area contributed by atoms with E-state index in [1.165, 1.54) is 6.92 Å². The van der Waals surface area contributed by atoms with E-state index in [4.69, 9.17) is 4.74 Å². The number of carbonyl (C=O) groups is 2. The van der Waals surface area contributed by atoms with Crippen molar-refractivity contribution < 1.29 is 14.3 Å². The Hall–Kier alpha value is -2.41. The Balaban J connectivity index is 1.74. The summed E-state index contributed by atoms with van der Waals surface area (Å²) < 4.78 is 7.30. The first-order valence-corrected chi connectivity index (χ1v) is 7.67. The van der Waals surface area contributed by atoms with Gasteiger partial charge in [0.25, 0.3) is 0 Å². The van der Waals surface area contributed by atoms with E-state index in [1.807, 2.05) is 29.8 Å². The zero-order valence-corrected chi connectivity index (χ0v) is 13.3. The van der Waals surface area contributed by atoms with Crippen LogP contribution >= 0.6 is 0 Å². The zero-order valence-electron chi connectivity index (χ0n) is 13.3. The summed E-state index contributed by atoms with van der Waals surface area (Å²) in [7, 11) is 1.90. The Morgan fingerprint density at radius 3 is 2.96 bits per heavy atom. The summed E-state index contributed by atoms with van der Waals surface area (Å²) in [6.07, 6.45) is 1.36. The highest BCUT2D eigenvalue weighted by Gasteiger charge is 2.23. The number of hydrogen-bond acceptors (Lipinski definition) is 4. The number of hydrogen-bond donors (Lipinski definition) is 2. The smallest absolute Gasteiger partial charge is 0.249 e. The third-order valence-electron chi connectivity index (χ3n) is 3.94. The largest absolute Gasteiger partial charge is 0.368 e. The van der Waals surface area contributed by atoms with Gasteiger partial charge in [0.1, 0.15) is 11.9 Å². The predicted octanol–water partition coefficient (Wildman–Crippen LogP) is 1.33. The third kappa shape index (κ3) is 3.34. The van der Waals surface area contributed by atoms with E-state index in [-0.39, 0.29) is 17.9 Å². The number of aromatic nitrogens is 2. The van der Waals surface area contributed by atoms with Crippen molar-refractivity contribution in [3.8, 4) is 0 Å². The van der Waals surface area contributed by atoms with Gasteiger partial charge in [0, 0.05) is 26.3 Å². The molecule has 7 nitrogen and oxygen atoms in total. The fraction of sp³-hybridized carbons (Fsp3) is 0.438. The molecule has 122 valence electrons. The molecule has 1 aromatic carbocycles. The maximum Gasteiger partial charge on any atom is 0.249 e. The summed E-state index contributed by atoms with van der Waals surface area (Å²) in [5.41, 5.74) is 2.43. The third-order valence-corrected chi connectivity index (χ3v) is 3.94. The molecule has 2 N–H and O–H groups in total. The molecule has 1 atom stereocenters. The highest BCUT2D eigenvalue weighted by molar-refractivity contribution is 5.91. The summed E-state index contributed by atoms with van der Waals surface area (Å²) in [5.74, 6) is 0.546. The van der Waals surface area contributed by atoms with Gasteiger partial charge in [-0.05, 0) is 31.0 Å². The van der Waals surface area contributed by atoms with Crippen molar-refractivity contribution in [3.05, 3.63) is 24.0 Å². The molecule has 3 rings (SSSR count). The lowest BCUT2D eigenvalue weighted by atomic mass is 10.2. The number of aryl methyl sites for hydroxylation is 1. The van der Waals surface area contributed by atoms with E-state index in [9.17, 15) is 9.59 Å². The zero-order chi connectivity index (χ0) is 16.4. The van der Waals surface area contributed by atoms with Crippen molar-refractivity contribution in [2.45, 2.75) is 32.4 Å². The van der Waals surface area contributed by atoms with Gasteiger partial charge < -0.3 is 19.9 Å². The van der Waals surface area contributed by atoms with Crippen LogP contribution in [0.3, 0.4) is 0 Å². The number of fused-ring (bicyclic) bond motifs is 1. The maximum atomic E-state index is 12.0. The van der Waals surface area contributed by atoms with Crippen LogP contribution in [0.1, 0.15) is 25.6 Å². The van der Waals surface area contributed by atoms with Crippen LogP contribution in [0, 0.1) is 0 Å². The first-order chi connectivity index (χ1) is 11.0. The fourth-order valence-electron chi connectivity index (χ4n) is 2.75. The van der Waals surface area contributed by atoms with Crippen molar-refractivity contribution in [1.29, 1.82) is 0 Å². The average molecular weight is 316 g/mol. The Bertz CT molecular complexity index is 747. The van der Waals surface area contributed by atoms with Gasteiger partial charge in [0.05, 0.1) is 17.6 Å². The number of benzene rings is 1. The van der Waals surface area contributed by atoms with Crippen LogP contribution in [0.4, 0.5) is 5.69 Å². The molecule has 2 amide bonds. The Morgan fingerprint density at radius 1 is 1.43 bits per heavy atom. The molecule has 1 aliphatic heterocycles. The van der Waals surface area contributed by atoms with Crippen molar-refractivity contribution in [1.82, 2.24) is 14.9 Å². The highest BCUT2D eigenvalue weighted by atomic mass is 16.5. The number of imidazole rings is 1. The van der Waals surface area contributed by atoms with Gasteiger partial charge in [-0.1, -0.05) is 0 Å². The number of amides is 2. The molecule has 2 aromatic rings. The van der Waals surface area contributed by atoms with E-state index in [0.29, 0.717) is 18.8 Å². The molecule has 1 aliphatic rings. The number of rotatable bonds is 4. The molecule has 0 spiro atoms. The van der Waals surface area contributed by atoms with E-state index in [1.54, 1.807) is 0 Å². The first kappa shape index (κ1) is 15.5. The van der Waals surface area contributed by atoms with E-state index in [0.717, 1.165) is 29.7 Å². The van der Waals surface area contributed by atoms with Crippen molar-refractivity contribution in [3.63, 3.8) is 0 Å². The Kier molecular flexibility index (Phi) is 4.29. The van der Waals surface area contributed by atoms with Gasteiger partial charge >= 0.3 is 0 Å². The molecule has 1 saturated heterocycles. The van der Waals surface area contributed by atoms with Crippen LogP contribution in [-0.2, 0) is 27.9 Å². The second-order valence-electron chi connectivity index (χ2n) is 5.69. The lowest BCUT2D eigenvalue weighted by Crippen LogP contribution is -2.34. The quantitative estimate of drug-likeness (QED) is 0.891. The SMILES string of the molecule is CC(=O)Nc1ccc2c(c1)nc(CNC(=O)[C@@H]1CCCO1)n2C. The second-order valence-corrected chi connectivity index (χ2v) is 5.69. The van der Waals surface area contributed by atoms with Gasteiger partial charge in [0.15, 0.2) is 0 Å². The predicted molar refractivity (Wildman–Crippen MR) is 85.8 cm³/mol. The van der Waals surface area contributed by atoms with Gasteiger partial charge in [-0.3, -0.25) is 9.59 Å². The van der Waals surface area contributed by atoms with Crippen LogP contribution in [0.2, 0.25) is 0 Å².